The molecule has 0 aromatic heterocycles. The number of aliphatic carboxylic acids is 1. The van der Waals surface area contributed by atoms with Crippen molar-refractivity contribution in [3.05, 3.63) is 0 Å². The highest BCUT2D eigenvalue weighted by Gasteiger charge is 2.20. The molecular formula is C10H18N2O4. The highest BCUT2D eigenvalue weighted by molar-refractivity contribution is 5.81. The standard InChI is InChI=1S/C10H18N2O4/c1-8(13)11-9(10(14)15)2-3-12-4-6-16-7-5-12/h9H,2-7H2,1H3,(H,11,13)(H,14,15). The zero-order chi connectivity index (χ0) is 12.0. The van der Waals surface area contributed by atoms with Crippen LogP contribution < -0.4 is 5.32 Å². The number of carbonyl (C=O) groups excluding carboxylic acids is 1. The van der Waals surface area contributed by atoms with Crippen molar-refractivity contribution in [3.63, 3.8) is 0 Å². The molecule has 1 saturated heterocycles. The molecule has 1 rings (SSSR count). The lowest BCUT2D eigenvalue weighted by Gasteiger charge is -2.27. The lowest BCUT2D eigenvalue weighted by Crippen LogP contribution is -2.44. The second-order valence-electron chi connectivity index (χ2n) is 3.83. The van der Waals surface area contributed by atoms with Crippen LogP contribution in [0, 0.1) is 0 Å². The van der Waals surface area contributed by atoms with Gasteiger partial charge >= 0.3 is 5.97 Å². The first-order chi connectivity index (χ1) is 7.59. The first kappa shape index (κ1) is 12.9. The van der Waals surface area contributed by atoms with Crippen LogP contribution in [0.1, 0.15) is 13.3 Å². The summed E-state index contributed by atoms with van der Waals surface area (Å²) in [7, 11) is 0. The quantitative estimate of drug-likeness (QED) is 0.653. The van der Waals surface area contributed by atoms with E-state index in [9.17, 15) is 9.59 Å². The Kier molecular flexibility index (Phi) is 5.21. The Morgan fingerprint density at radius 3 is 2.56 bits per heavy atom. The van der Waals surface area contributed by atoms with E-state index in [-0.39, 0.29) is 5.91 Å². The second kappa shape index (κ2) is 6.44. The fourth-order valence-electron chi connectivity index (χ4n) is 1.64. The number of nitrogens with zero attached hydrogens (tertiary/aromatic N) is 1. The molecule has 1 aliphatic heterocycles. The van der Waals surface area contributed by atoms with Gasteiger partial charge in [-0.25, -0.2) is 4.79 Å². The molecule has 1 aliphatic rings. The van der Waals surface area contributed by atoms with Crippen LogP contribution in [-0.2, 0) is 14.3 Å². The molecular weight excluding hydrogens is 212 g/mol. The third-order valence-electron chi connectivity index (χ3n) is 2.51. The first-order valence-electron chi connectivity index (χ1n) is 5.39. The Balaban J connectivity index is 2.30. The van der Waals surface area contributed by atoms with Crippen molar-refractivity contribution in [2.75, 3.05) is 32.8 Å². The Morgan fingerprint density at radius 1 is 1.44 bits per heavy atom. The van der Waals surface area contributed by atoms with Crippen LogP contribution in [0.2, 0.25) is 0 Å². The van der Waals surface area contributed by atoms with Crippen molar-refractivity contribution in [3.8, 4) is 0 Å². The van der Waals surface area contributed by atoms with Gasteiger partial charge in [0.2, 0.25) is 5.91 Å². The summed E-state index contributed by atoms with van der Waals surface area (Å²) >= 11 is 0. The third kappa shape index (κ3) is 4.59. The molecule has 1 atom stereocenters. The molecule has 1 unspecified atom stereocenters. The fraction of sp³-hybridized carbons (Fsp3) is 0.800. The fourth-order valence-corrected chi connectivity index (χ4v) is 1.64. The average Bonchev–Trinajstić information content (AvgIpc) is 2.25. The van der Waals surface area contributed by atoms with Crippen LogP contribution in [-0.4, -0.2) is 60.8 Å². The molecule has 0 aromatic carbocycles. The zero-order valence-corrected chi connectivity index (χ0v) is 9.44. The van der Waals surface area contributed by atoms with Crippen LogP contribution in [0.5, 0.6) is 0 Å². The van der Waals surface area contributed by atoms with Crippen LogP contribution >= 0.6 is 0 Å². The summed E-state index contributed by atoms with van der Waals surface area (Å²) in [5.41, 5.74) is 0. The number of amides is 1. The van der Waals surface area contributed by atoms with E-state index >= 15 is 0 Å². The van der Waals surface area contributed by atoms with Crippen molar-refractivity contribution in [2.24, 2.45) is 0 Å². The van der Waals surface area contributed by atoms with Gasteiger partial charge in [0.25, 0.3) is 0 Å². The molecule has 2 N–H and O–H groups in total. The van der Waals surface area contributed by atoms with Crippen molar-refractivity contribution >= 4 is 11.9 Å². The predicted molar refractivity (Wildman–Crippen MR) is 57.1 cm³/mol. The van der Waals surface area contributed by atoms with Gasteiger partial charge in [0.15, 0.2) is 0 Å². The van der Waals surface area contributed by atoms with Gasteiger partial charge in [-0.05, 0) is 6.42 Å². The number of ether oxygens (including phenoxy) is 1. The summed E-state index contributed by atoms with van der Waals surface area (Å²) in [5, 5.41) is 11.3. The number of carboxylic acid groups (broad SMARTS) is 1. The lowest BCUT2D eigenvalue weighted by molar-refractivity contribution is -0.141. The minimum atomic E-state index is -0.983. The predicted octanol–water partition coefficient (Wildman–Crippen LogP) is -0.702. The van der Waals surface area contributed by atoms with Gasteiger partial charge in [0, 0.05) is 26.6 Å². The molecule has 0 spiro atoms. The number of carbonyl (C=O) groups is 2. The summed E-state index contributed by atoms with van der Waals surface area (Å²) in [4.78, 5) is 23.8. The molecule has 0 bridgehead atoms. The molecule has 0 saturated carbocycles. The molecule has 1 amide bonds. The average molecular weight is 230 g/mol. The van der Waals surface area contributed by atoms with Crippen molar-refractivity contribution in [1.82, 2.24) is 10.2 Å². The van der Waals surface area contributed by atoms with Gasteiger partial charge in [0.05, 0.1) is 13.2 Å². The maximum absolute atomic E-state index is 10.8. The van der Waals surface area contributed by atoms with E-state index in [1.165, 1.54) is 6.92 Å². The van der Waals surface area contributed by atoms with E-state index in [0.717, 1.165) is 13.1 Å². The summed E-state index contributed by atoms with van der Waals surface area (Å²) in [6, 6.07) is -0.791. The normalized spacial score (nSPS) is 19.1. The van der Waals surface area contributed by atoms with Crippen LogP contribution in [0.3, 0.4) is 0 Å². The minimum absolute atomic E-state index is 0.311. The Labute approximate surface area is 94.6 Å². The molecule has 0 aromatic rings. The second-order valence-corrected chi connectivity index (χ2v) is 3.83. The summed E-state index contributed by atoms with van der Waals surface area (Å²) in [6.07, 6.45) is 0.426. The number of nitrogens with one attached hydrogen (secondary N) is 1. The van der Waals surface area contributed by atoms with E-state index in [1.807, 2.05) is 0 Å². The topological polar surface area (TPSA) is 78.9 Å². The van der Waals surface area contributed by atoms with Crippen LogP contribution in [0.25, 0.3) is 0 Å². The SMILES string of the molecule is CC(=O)NC(CCN1CCOCC1)C(=O)O. The van der Waals surface area contributed by atoms with E-state index in [0.29, 0.717) is 26.2 Å². The monoisotopic (exact) mass is 230 g/mol. The van der Waals surface area contributed by atoms with Gasteiger partial charge in [-0.2, -0.15) is 0 Å². The number of hydrogen-bond acceptors (Lipinski definition) is 4. The Hall–Kier alpha value is -1.14. The van der Waals surface area contributed by atoms with Gasteiger partial charge < -0.3 is 15.2 Å². The summed E-state index contributed by atoms with van der Waals surface area (Å²) in [6.45, 7) is 5.03. The Bertz CT molecular complexity index is 251. The first-order valence-corrected chi connectivity index (χ1v) is 5.39. The molecule has 1 heterocycles. The van der Waals surface area contributed by atoms with Gasteiger partial charge in [-0.1, -0.05) is 0 Å². The van der Waals surface area contributed by atoms with Crippen molar-refractivity contribution in [1.29, 1.82) is 0 Å². The number of rotatable bonds is 5. The lowest BCUT2D eigenvalue weighted by atomic mass is 10.2. The Morgan fingerprint density at radius 2 is 2.06 bits per heavy atom. The molecule has 16 heavy (non-hydrogen) atoms. The number of morpholine rings is 1. The van der Waals surface area contributed by atoms with Crippen LogP contribution in [0.4, 0.5) is 0 Å². The molecule has 6 heteroatoms. The molecule has 92 valence electrons. The smallest absolute Gasteiger partial charge is 0.326 e. The van der Waals surface area contributed by atoms with E-state index in [1.54, 1.807) is 0 Å². The van der Waals surface area contributed by atoms with Crippen LogP contribution in [0.15, 0.2) is 0 Å². The van der Waals surface area contributed by atoms with E-state index in [2.05, 4.69) is 10.2 Å². The minimum Gasteiger partial charge on any atom is -0.480 e. The molecule has 6 nitrogen and oxygen atoms in total. The van der Waals surface area contributed by atoms with Crippen molar-refractivity contribution in [2.45, 2.75) is 19.4 Å². The van der Waals surface area contributed by atoms with Gasteiger partial charge in [-0.15, -0.1) is 0 Å². The highest BCUT2D eigenvalue weighted by Crippen LogP contribution is 2.01. The van der Waals surface area contributed by atoms with E-state index < -0.39 is 12.0 Å². The molecule has 1 fully saturated rings. The van der Waals surface area contributed by atoms with Crippen molar-refractivity contribution < 1.29 is 19.4 Å². The number of carboxylic acids is 1. The molecule has 0 aliphatic carbocycles. The van der Waals surface area contributed by atoms with Gasteiger partial charge in [-0.3, -0.25) is 9.69 Å². The van der Waals surface area contributed by atoms with Gasteiger partial charge in [0.1, 0.15) is 6.04 Å². The summed E-state index contributed by atoms with van der Waals surface area (Å²) < 4.78 is 5.19. The number of hydrogen-bond donors (Lipinski definition) is 2. The third-order valence-corrected chi connectivity index (χ3v) is 2.51. The molecule has 0 radical (unpaired) electrons. The maximum atomic E-state index is 10.8. The zero-order valence-electron chi connectivity index (χ0n) is 9.44. The van der Waals surface area contributed by atoms with E-state index in [4.69, 9.17) is 9.84 Å². The maximum Gasteiger partial charge on any atom is 0.326 e. The largest absolute Gasteiger partial charge is 0.480 e. The highest BCUT2D eigenvalue weighted by atomic mass is 16.5. The summed E-state index contributed by atoms with van der Waals surface area (Å²) in [5.74, 6) is -1.29.